The molecule has 1 aromatic heterocycles. The summed E-state index contributed by atoms with van der Waals surface area (Å²) < 4.78 is 31.2. The Bertz CT molecular complexity index is 702. The minimum Gasteiger partial charge on any atom is -0.495 e. The van der Waals surface area contributed by atoms with Crippen LogP contribution >= 0.6 is 0 Å². The molecule has 0 saturated heterocycles. The van der Waals surface area contributed by atoms with Crippen LogP contribution in [-0.2, 0) is 10.0 Å². The first kappa shape index (κ1) is 14.1. The van der Waals surface area contributed by atoms with E-state index in [0.29, 0.717) is 17.1 Å². The van der Waals surface area contributed by atoms with Crippen molar-refractivity contribution in [2.45, 2.75) is 4.90 Å². The molecule has 0 aliphatic carbocycles. The van der Waals surface area contributed by atoms with Crippen LogP contribution in [-0.4, -0.2) is 27.6 Å². The molecule has 0 fully saturated rings. The van der Waals surface area contributed by atoms with E-state index in [1.54, 1.807) is 18.3 Å². The fourth-order valence-corrected chi connectivity index (χ4v) is 2.89. The SMILES string of the molecule is COc1cc(S(=O)(=O)N(C)c2cccnc2)ccc1N. The Morgan fingerprint density at radius 2 is 2.05 bits per heavy atom. The fourth-order valence-electron chi connectivity index (χ4n) is 1.69. The largest absolute Gasteiger partial charge is 0.495 e. The van der Waals surface area contributed by atoms with Crippen molar-refractivity contribution in [1.82, 2.24) is 4.98 Å². The molecule has 0 aliphatic heterocycles. The van der Waals surface area contributed by atoms with Crippen molar-refractivity contribution in [3.05, 3.63) is 42.7 Å². The first-order chi connectivity index (χ1) is 9.46. The molecule has 0 radical (unpaired) electrons. The van der Waals surface area contributed by atoms with E-state index in [9.17, 15) is 8.42 Å². The van der Waals surface area contributed by atoms with Crippen LogP contribution in [0.2, 0.25) is 0 Å². The second-order valence-corrected chi connectivity index (χ2v) is 6.06. The van der Waals surface area contributed by atoms with E-state index in [2.05, 4.69) is 4.98 Å². The molecular weight excluding hydrogens is 278 g/mol. The van der Waals surface area contributed by atoms with Crippen LogP contribution < -0.4 is 14.8 Å². The molecule has 0 unspecified atom stereocenters. The van der Waals surface area contributed by atoms with Gasteiger partial charge in [-0.25, -0.2) is 8.42 Å². The third kappa shape index (κ3) is 2.53. The van der Waals surface area contributed by atoms with Crippen molar-refractivity contribution < 1.29 is 13.2 Å². The molecule has 2 rings (SSSR count). The molecule has 6 nitrogen and oxygen atoms in total. The Balaban J connectivity index is 2.45. The van der Waals surface area contributed by atoms with Crippen molar-refractivity contribution in [3.8, 4) is 5.75 Å². The zero-order valence-corrected chi connectivity index (χ0v) is 12.0. The summed E-state index contributed by atoms with van der Waals surface area (Å²) in [5.74, 6) is 0.325. The van der Waals surface area contributed by atoms with Gasteiger partial charge < -0.3 is 10.5 Å². The number of rotatable bonds is 4. The summed E-state index contributed by atoms with van der Waals surface area (Å²) in [6.07, 6.45) is 3.06. The highest BCUT2D eigenvalue weighted by molar-refractivity contribution is 7.92. The number of methoxy groups -OCH3 is 1. The summed E-state index contributed by atoms with van der Waals surface area (Å²) in [4.78, 5) is 4.02. The second kappa shape index (κ2) is 5.38. The van der Waals surface area contributed by atoms with Gasteiger partial charge in [-0.05, 0) is 24.3 Å². The summed E-state index contributed by atoms with van der Waals surface area (Å²) in [7, 11) is -0.779. The molecule has 7 heteroatoms. The average molecular weight is 293 g/mol. The lowest BCUT2D eigenvalue weighted by molar-refractivity contribution is 0.415. The predicted octanol–water partition coefficient (Wildman–Crippen LogP) is 1.50. The number of nitrogen functional groups attached to an aromatic ring is 1. The van der Waals surface area contributed by atoms with Gasteiger partial charge in [-0.2, -0.15) is 0 Å². The van der Waals surface area contributed by atoms with E-state index in [0.717, 1.165) is 4.31 Å². The van der Waals surface area contributed by atoms with Crippen molar-refractivity contribution in [2.75, 3.05) is 24.2 Å². The van der Waals surface area contributed by atoms with Gasteiger partial charge in [0.25, 0.3) is 10.0 Å². The molecule has 0 bridgehead atoms. The molecule has 20 heavy (non-hydrogen) atoms. The van der Waals surface area contributed by atoms with Crippen LogP contribution in [0.3, 0.4) is 0 Å². The molecule has 1 aromatic carbocycles. The zero-order chi connectivity index (χ0) is 14.8. The van der Waals surface area contributed by atoms with Crippen molar-refractivity contribution in [1.29, 1.82) is 0 Å². The summed E-state index contributed by atoms with van der Waals surface area (Å²) in [6.45, 7) is 0. The molecule has 0 amide bonds. The quantitative estimate of drug-likeness (QED) is 0.863. The third-order valence-corrected chi connectivity index (χ3v) is 4.65. The molecule has 0 atom stereocenters. The number of ether oxygens (including phenoxy) is 1. The number of pyridine rings is 1. The maximum absolute atomic E-state index is 12.5. The molecule has 0 spiro atoms. The fraction of sp³-hybridized carbons (Fsp3) is 0.154. The molecule has 0 aliphatic rings. The van der Waals surface area contributed by atoms with Crippen molar-refractivity contribution in [3.63, 3.8) is 0 Å². The number of hydrogen-bond acceptors (Lipinski definition) is 5. The molecule has 1 heterocycles. The van der Waals surface area contributed by atoms with Gasteiger partial charge >= 0.3 is 0 Å². The first-order valence-electron chi connectivity index (χ1n) is 5.79. The smallest absolute Gasteiger partial charge is 0.264 e. The van der Waals surface area contributed by atoms with Gasteiger partial charge in [0.1, 0.15) is 5.75 Å². The summed E-state index contributed by atoms with van der Waals surface area (Å²) in [5, 5.41) is 0. The first-order valence-corrected chi connectivity index (χ1v) is 7.23. The average Bonchev–Trinajstić information content (AvgIpc) is 2.47. The van der Waals surface area contributed by atoms with E-state index >= 15 is 0 Å². The number of aromatic nitrogens is 1. The van der Waals surface area contributed by atoms with Crippen LogP contribution in [0.15, 0.2) is 47.6 Å². The Kier molecular flexibility index (Phi) is 3.80. The molecule has 2 aromatic rings. The second-order valence-electron chi connectivity index (χ2n) is 4.09. The van der Waals surface area contributed by atoms with E-state index in [-0.39, 0.29) is 4.90 Å². The van der Waals surface area contributed by atoms with Gasteiger partial charge in [-0.15, -0.1) is 0 Å². The zero-order valence-electron chi connectivity index (χ0n) is 11.1. The van der Waals surface area contributed by atoms with E-state index in [1.165, 1.54) is 38.6 Å². The van der Waals surface area contributed by atoms with Gasteiger partial charge in [-0.3, -0.25) is 9.29 Å². The van der Waals surface area contributed by atoms with Crippen LogP contribution in [0.5, 0.6) is 5.75 Å². The lowest BCUT2D eigenvalue weighted by Crippen LogP contribution is -2.26. The maximum atomic E-state index is 12.5. The maximum Gasteiger partial charge on any atom is 0.264 e. The van der Waals surface area contributed by atoms with Crippen molar-refractivity contribution >= 4 is 21.4 Å². The molecular formula is C13H15N3O3S. The normalized spacial score (nSPS) is 11.1. The number of nitrogens with zero attached hydrogens (tertiary/aromatic N) is 2. The highest BCUT2D eigenvalue weighted by Gasteiger charge is 2.22. The number of nitrogens with two attached hydrogens (primary N) is 1. The van der Waals surface area contributed by atoms with E-state index < -0.39 is 10.0 Å². The summed E-state index contributed by atoms with van der Waals surface area (Å²) in [6, 6.07) is 7.68. The standard InChI is InChI=1S/C13H15N3O3S/c1-16(10-4-3-7-15-9-10)20(17,18)11-5-6-12(14)13(8-11)19-2/h3-9H,14H2,1-2H3. The predicted molar refractivity (Wildman–Crippen MR) is 77.2 cm³/mol. The number of benzene rings is 1. The minimum absolute atomic E-state index is 0.106. The summed E-state index contributed by atoms with van der Waals surface area (Å²) >= 11 is 0. The van der Waals surface area contributed by atoms with Crippen molar-refractivity contribution in [2.24, 2.45) is 0 Å². The van der Waals surface area contributed by atoms with Crippen LogP contribution in [0.4, 0.5) is 11.4 Å². The number of hydrogen-bond donors (Lipinski definition) is 1. The van der Waals surface area contributed by atoms with Gasteiger partial charge in [-0.1, -0.05) is 0 Å². The van der Waals surface area contributed by atoms with E-state index in [1.807, 2.05) is 0 Å². The lowest BCUT2D eigenvalue weighted by Gasteiger charge is -2.19. The molecule has 0 saturated carbocycles. The van der Waals surface area contributed by atoms with Gasteiger partial charge in [0.15, 0.2) is 0 Å². The van der Waals surface area contributed by atoms with E-state index in [4.69, 9.17) is 10.5 Å². The van der Waals surface area contributed by atoms with Crippen LogP contribution in [0.1, 0.15) is 0 Å². The Morgan fingerprint density at radius 3 is 2.65 bits per heavy atom. The van der Waals surface area contributed by atoms with Crippen LogP contribution in [0, 0.1) is 0 Å². The highest BCUT2D eigenvalue weighted by Crippen LogP contribution is 2.27. The third-order valence-electron chi connectivity index (χ3n) is 2.87. The van der Waals surface area contributed by atoms with Gasteiger partial charge in [0.05, 0.1) is 29.6 Å². The van der Waals surface area contributed by atoms with Gasteiger partial charge in [0, 0.05) is 19.3 Å². The molecule has 2 N–H and O–H groups in total. The Morgan fingerprint density at radius 1 is 1.30 bits per heavy atom. The van der Waals surface area contributed by atoms with Crippen LogP contribution in [0.25, 0.3) is 0 Å². The Labute approximate surface area is 117 Å². The molecule has 106 valence electrons. The van der Waals surface area contributed by atoms with Gasteiger partial charge in [0.2, 0.25) is 0 Å². The summed E-state index contributed by atoms with van der Waals surface area (Å²) in [5.41, 5.74) is 6.55. The lowest BCUT2D eigenvalue weighted by atomic mass is 10.3. The minimum atomic E-state index is -3.68. The Hall–Kier alpha value is -2.28. The number of anilines is 2. The monoisotopic (exact) mass is 293 g/mol. The number of sulfonamides is 1. The highest BCUT2D eigenvalue weighted by atomic mass is 32.2. The topological polar surface area (TPSA) is 85.5 Å².